The van der Waals surface area contributed by atoms with Crippen molar-refractivity contribution in [1.82, 2.24) is 19.7 Å². The first kappa shape index (κ1) is 8.68. The minimum atomic E-state index is 0.552. The summed E-state index contributed by atoms with van der Waals surface area (Å²) in [5, 5.41) is 3.99. The van der Waals surface area contributed by atoms with Gasteiger partial charge in [-0.1, -0.05) is 0 Å². The van der Waals surface area contributed by atoms with Gasteiger partial charge in [-0.15, -0.1) is 0 Å². The fourth-order valence-electron chi connectivity index (χ4n) is 1.27. The third kappa shape index (κ3) is 1.32. The number of hydrogen-bond acceptors (Lipinski definition) is 4. The Morgan fingerprint density at radius 3 is 2.71 bits per heavy atom. The summed E-state index contributed by atoms with van der Waals surface area (Å²) >= 11 is 0. The van der Waals surface area contributed by atoms with Gasteiger partial charge in [0, 0.05) is 18.8 Å². The van der Waals surface area contributed by atoms with E-state index in [-0.39, 0.29) is 0 Å². The first-order chi connectivity index (χ1) is 6.68. The summed E-state index contributed by atoms with van der Waals surface area (Å²) in [4.78, 5) is 8.20. The van der Waals surface area contributed by atoms with E-state index in [1.54, 1.807) is 10.9 Å². The Morgan fingerprint density at radius 1 is 1.36 bits per heavy atom. The van der Waals surface area contributed by atoms with Crippen molar-refractivity contribution in [2.45, 2.75) is 6.92 Å². The Balaban J connectivity index is 2.53. The van der Waals surface area contributed by atoms with Crippen molar-refractivity contribution in [2.75, 3.05) is 5.73 Å². The highest BCUT2D eigenvalue weighted by atomic mass is 15.3. The summed E-state index contributed by atoms with van der Waals surface area (Å²) in [6, 6.07) is 1.95. The second-order valence-electron chi connectivity index (χ2n) is 3.13. The SMILES string of the molecule is Cc1cc(-c2ncnn2C)cnc1N. The van der Waals surface area contributed by atoms with E-state index >= 15 is 0 Å². The third-order valence-electron chi connectivity index (χ3n) is 2.09. The van der Waals surface area contributed by atoms with Gasteiger partial charge < -0.3 is 5.73 Å². The Labute approximate surface area is 81.6 Å². The average molecular weight is 189 g/mol. The zero-order valence-corrected chi connectivity index (χ0v) is 8.10. The molecule has 5 heteroatoms. The predicted octanol–water partition coefficient (Wildman–Crippen LogP) is 0.768. The molecule has 0 saturated heterocycles. The Kier molecular flexibility index (Phi) is 1.92. The van der Waals surface area contributed by atoms with E-state index in [0.717, 1.165) is 17.0 Å². The highest BCUT2D eigenvalue weighted by Gasteiger charge is 2.05. The average Bonchev–Trinajstić information content (AvgIpc) is 2.57. The first-order valence-corrected chi connectivity index (χ1v) is 4.25. The third-order valence-corrected chi connectivity index (χ3v) is 2.09. The topological polar surface area (TPSA) is 69.6 Å². The van der Waals surface area contributed by atoms with E-state index in [1.807, 2.05) is 20.0 Å². The standard InChI is InChI=1S/C9H11N5/c1-6-3-7(4-11-8(6)10)9-12-5-13-14(9)2/h3-5H,1-2H3,(H2,10,11). The molecule has 0 aliphatic carbocycles. The molecule has 0 radical (unpaired) electrons. The number of nitrogen functional groups attached to an aromatic ring is 1. The summed E-state index contributed by atoms with van der Waals surface area (Å²) in [6.07, 6.45) is 3.22. The van der Waals surface area contributed by atoms with Gasteiger partial charge in [0.05, 0.1) is 0 Å². The van der Waals surface area contributed by atoms with Gasteiger partial charge in [0.25, 0.3) is 0 Å². The van der Waals surface area contributed by atoms with Crippen LogP contribution in [-0.2, 0) is 7.05 Å². The molecule has 2 N–H and O–H groups in total. The molecule has 72 valence electrons. The molecule has 0 aliphatic heterocycles. The molecule has 0 aliphatic rings. The molecule has 0 atom stereocenters. The van der Waals surface area contributed by atoms with Crippen molar-refractivity contribution in [2.24, 2.45) is 7.05 Å². The molecule has 0 amide bonds. The van der Waals surface area contributed by atoms with Gasteiger partial charge >= 0.3 is 0 Å². The van der Waals surface area contributed by atoms with Crippen LogP contribution in [0, 0.1) is 6.92 Å². The van der Waals surface area contributed by atoms with Crippen LogP contribution in [0.5, 0.6) is 0 Å². The van der Waals surface area contributed by atoms with E-state index in [9.17, 15) is 0 Å². The highest BCUT2D eigenvalue weighted by Crippen LogP contribution is 2.18. The smallest absolute Gasteiger partial charge is 0.159 e. The van der Waals surface area contributed by atoms with E-state index in [1.165, 1.54) is 6.33 Å². The van der Waals surface area contributed by atoms with E-state index < -0.39 is 0 Å². The molecular formula is C9H11N5. The molecule has 0 saturated carbocycles. The lowest BCUT2D eigenvalue weighted by molar-refractivity contribution is 0.774. The predicted molar refractivity (Wildman–Crippen MR) is 53.4 cm³/mol. The Hall–Kier alpha value is -1.91. The van der Waals surface area contributed by atoms with Crippen molar-refractivity contribution in [1.29, 1.82) is 0 Å². The van der Waals surface area contributed by atoms with Crippen LogP contribution >= 0.6 is 0 Å². The number of nitrogens with two attached hydrogens (primary N) is 1. The van der Waals surface area contributed by atoms with Gasteiger partial charge in [-0.3, -0.25) is 0 Å². The van der Waals surface area contributed by atoms with Crippen LogP contribution in [0.2, 0.25) is 0 Å². The molecule has 0 fully saturated rings. The van der Waals surface area contributed by atoms with Crippen LogP contribution in [0.25, 0.3) is 11.4 Å². The molecule has 0 unspecified atom stereocenters. The quantitative estimate of drug-likeness (QED) is 0.719. The van der Waals surface area contributed by atoms with Gasteiger partial charge in [0.1, 0.15) is 12.1 Å². The fourth-order valence-corrected chi connectivity index (χ4v) is 1.27. The number of anilines is 1. The molecule has 2 aromatic heterocycles. The number of aryl methyl sites for hydroxylation is 2. The number of nitrogens with zero attached hydrogens (tertiary/aromatic N) is 4. The summed E-state index contributed by atoms with van der Waals surface area (Å²) < 4.78 is 1.70. The van der Waals surface area contributed by atoms with Crippen LogP contribution < -0.4 is 5.73 Å². The normalized spacial score (nSPS) is 10.4. The largest absolute Gasteiger partial charge is 0.383 e. The van der Waals surface area contributed by atoms with Crippen molar-refractivity contribution in [3.63, 3.8) is 0 Å². The van der Waals surface area contributed by atoms with Gasteiger partial charge in [-0.05, 0) is 18.6 Å². The zero-order valence-electron chi connectivity index (χ0n) is 8.10. The molecular weight excluding hydrogens is 178 g/mol. The maximum atomic E-state index is 5.63. The lowest BCUT2D eigenvalue weighted by Crippen LogP contribution is -1.98. The van der Waals surface area contributed by atoms with Crippen molar-refractivity contribution in [3.05, 3.63) is 24.2 Å². The lowest BCUT2D eigenvalue weighted by Gasteiger charge is -2.02. The van der Waals surface area contributed by atoms with Crippen molar-refractivity contribution in [3.8, 4) is 11.4 Å². The van der Waals surface area contributed by atoms with Gasteiger partial charge in [-0.2, -0.15) is 5.10 Å². The molecule has 0 aromatic carbocycles. The van der Waals surface area contributed by atoms with E-state index in [4.69, 9.17) is 5.73 Å². The van der Waals surface area contributed by atoms with Gasteiger partial charge in [0.2, 0.25) is 0 Å². The Morgan fingerprint density at radius 2 is 2.14 bits per heavy atom. The molecule has 5 nitrogen and oxygen atoms in total. The Bertz CT molecular complexity index is 460. The first-order valence-electron chi connectivity index (χ1n) is 4.25. The number of hydrogen-bond donors (Lipinski definition) is 1. The monoisotopic (exact) mass is 189 g/mol. The summed E-state index contributed by atoms with van der Waals surface area (Å²) in [5.74, 6) is 1.34. The summed E-state index contributed by atoms with van der Waals surface area (Å²) in [7, 11) is 1.84. The van der Waals surface area contributed by atoms with Crippen LogP contribution in [-0.4, -0.2) is 19.7 Å². The second-order valence-corrected chi connectivity index (χ2v) is 3.13. The van der Waals surface area contributed by atoms with Crippen LogP contribution in [0.4, 0.5) is 5.82 Å². The lowest BCUT2D eigenvalue weighted by atomic mass is 10.2. The number of aromatic nitrogens is 4. The van der Waals surface area contributed by atoms with Gasteiger partial charge in [0.15, 0.2) is 5.82 Å². The number of pyridine rings is 1. The number of rotatable bonds is 1. The zero-order chi connectivity index (χ0) is 10.1. The minimum absolute atomic E-state index is 0.552. The fraction of sp³-hybridized carbons (Fsp3) is 0.222. The molecule has 0 bridgehead atoms. The van der Waals surface area contributed by atoms with Crippen LogP contribution in [0.3, 0.4) is 0 Å². The highest BCUT2D eigenvalue weighted by molar-refractivity contribution is 5.58. The minimum Gasteiger partial charge on any atom is -0.383 e. The summed E-state index contributed by atoms with van der Waals surface area (Å²) in [6.45, 7) is 1.92. The maximum absolute atomic E-state index is 5.63. The van der Waals surface area contributed by atoms with Crippen molar-refractivity contribution >= 4 is 5.82 Å². The van der Waals surface area contributed by atoms with Crippen molar-refractivity contribution < 1.29 is 0 Å². The molecule has 2 aromatic rings. The van der Waals surface area contributed by atoms with Crippen LogP contribution in [0.1, 0.15) is 5.56 Å². The molecule has 14 heavy (non-hydrogen) atoms. The maximum Gasteiger partial charge on any atom is 0.159 e. The molecule has 0 spiro atoms. The van der Waals surface area contributed by atoms with Gasteiger partial charge in [-0.25, -0.2) is 14.6 Å². The van der Waals surface area contributed by atoms with Crippen LogP contribution in [0.15, 0.2) is 18.6 Å². The van der Waals surface area contributed by atoms with E-state index in [0.29, 0.717) is 5.82 Å². The molecule has 2 heterocycles. The molecule has 2 rings (SSSR count). The summed E-state index contributed by atoms with van der Waals surface area (Å²) in [5.41, 5.74) is 7.50. The van der Waals surface area contributed by atoms with E-state index in [2.05, 4.69) is 15.1 Å². The second kappa shape index (κ2) is 3.10.